The lowest BCUT2D eigenvalue weighted by atomic mass is 9.99. The van der Waals surface area contributed by atoms with Gasteiger partial charge in [-0.3, -0.25) is 9.69 Å². The van der Waals surface area contributed by atoms with Crippen LogP contribution in [0.4, 0.5) is 5.69 Å². The highest BCUT2D eigenvalue weighted by Crippen LogP contribution is 2.17. The van der Waals surface area contributed by atoms with Crippen LogP contribution in [0.25, 0.3) is 0 Å². The van der Waals surface area contributed by atoms with E-state index in [-0.39, 0.29) is 5.91 Å². The van der Waals surface area contributed by atoms with Crippen LogP contribution in [-0.2, 0) is 16.1 Å². The molecule has 1 aliphatic heterocycles. The van der Waals surface area contributed by atoms with Gasteiger partial charge in [0.15, 0.2) is 0 Å². The number of para-hydroxylation sites is 1. The number of methoxy groups -OCH3 is 1. The van der Waals surface area contributed by atoms with Crippen molar-refractivity contribution in [1.29, 1.82) is 0 Å². The molecule has 0 radical (unpaired) electrons. The van der Waals surface area contributed by atoms with Crippen LogP contribution >= 0.6 is 0 Å². The molecule has 0 spiro atoms. The molecule has 1 heterocycles. The van der Waals surface area contributed by atoms with Gasteiger partial charge < -0.3 is 15.8 Å². The molecule has 3 N–H and O–H groups in total. The number of hydrogen-bond donors (Lipinski definition) is 2. The van der Waals surface area contributed by atoms with Crippen molar-refractivity contribution >= 4 is 11.6 Å². The molecule has 1 aromatic rings. The van der Waals surface area contributed by atoms with E-state index in [1.54, 1.807) is 7.11 Å². The molecule has 0 bridgehead atoms. The highest BCUT2D eigenvalue weighted by molar-refractivity contribution is 5.93. The first-order valence-corrected chi connectivity index (χ1v) is 7.52. The molecule has 21 heavy (non-hydrogen) atoms. The third kappa shape index (κ3) is 4.81. The fourth-order valence-electron chi connectivity index (χ4n) is 2.88. The minimum Gasteiger partial charge on any atom is -0.384 e. The Balaban J connectivity index is 1.86. The first-order chi connectivity index (χ1) is 10.2. The zero-order chi connectivity index (χ0) is 15.1. The smallest absolute Gasteiger partial charge is 0.238 e. The van der Waals surface area contributed by atoms with Gasteiger partial charge in [0, 0.05) is 25.9 Å². The SMILES string of the molecule is COCC1CCCN(CC(=O)Nc2ccccc2CN)C1. The number of rotatable bonds is 6. The summed E-state index contributed by atoms with van der Waals surface area (Å²) in [6.45, 7) is 3.54. The molecule has 1 atom stereocenters. The van der Waals surface area contributed by atoms with Crippen molar-refractivity contribution in [3.05, 3.63) is 29.8 Å². The van der Waals surface area contributed by atoms with Gasteiger partial charge in [0.1, 0.15) is 0 Å². The molecule has 0 saturated carbocycles. The van der Waals surface area contributed by atoms with Crippen LogP contribution < -0.4 is 11.1 Å². The number of anilines is 1. The summed E-state index contributed by atoms with van der Waals surface area (Å²) in [5.41, 5.74) is 7.46. The van der Waals surface area contributed by atoms with Crippen LogP contribution in [0.15, 0.2) is 24.3 Å². The van der Waals surface area contributed by atoms with E-state index in [1.165, 1.54) is 6.42 Å². The Labute approximate surface area is 126 Å². The lowest BCUT2D eigenvalue weighted by Crippen LogP contribution is -2.41. The van der Waals surface area contributed by atoms with E-state index in [2.05, 4.69) is 10.2 Å². The predicted octanol–water partition coefficient (Wildman–Crippen LogP) is 1.44. The van der Waals surface area contributed by atoms with Crippen LogP contribution in [0.2, 0.25) is 0 Å². The van der Waals surface area contributed by atoms with Crippen molar-refractivity contribution in [1.82, 2.24) is 4.90 Å². The first-order valence-electron chi connectivity index (χ1n) is 7.52. The fraction of sp³-hybridized carbons (Fsp3) is 0.562. The van der Waals surface area contributed by atoms with Gasteiger partial charge in [0.2, 0.25) is 5.91 Å². The highest BCUT2D eigenvalue weighted by atomic mass is 16.5. The average Bonchev–Trinajstić information content (AvgIpc) is 2.48. The summed E-state index contributed by atoms with van der Waals surface area (Å²) < 4.78 is 5.22. The van der Waals surface area contributed by atoms with Crippen LogP contribution in [0.5, 0.6) is 0 Å². The zero-order valence-electron chi connectivity index (χ0n) is 12.7. The quantitative estimate of drug-likeness (QED) is 0.832. The normalized spacial score (nSPS) is 19.4. The molecule has 0 aromatic heterocycles. The van der Waals surface area contributed by atoms with E-state index in [0.717, 1.165) is 37.4 Å². The summed E-state index contributed by atoms with van der Waals surface area (Å²) in [5, 5.41) is 2.96. The first kappa shape index (κ1) is 15.9. The maximum Gasteiger partial charge on any atom is 0.238 e. The fourth-order valence-corrected chi connectivity index (χ4v) is 2.88. The second-order valence-electron chi connectivity index (χ2n) is 5.61. The van der Waals surface area contributed by atoms with E-state index in [4.69, 9.17) is 10.5 Å². The van der Waals surface area contributed by atoms with Crippen molar-refractivity contribution in [2.45, 2.75) is 19.4 Å². The van der Waals surface area contributed by atoms with Crippen LogP contribution in [0.1, 0.15) is 18.4 Å². The largest absolute Gasteiger partial charge is 0.384 e. The summed E-state index contributed by atoms with van der Waals surface area (Å²) in [7, 11) is 1.73. The maximum atomic E-state index is 12.2. The van der Waals surface area contributed by atoms with Crippen LogP contribution in [0.3, 0.4) is 0 Å². The molecular weight excluding hydrogens is 266 g/mol. The monoisotopic (exact) mass is 291 g/mol. The summed E-state index contributed by atoms with van der Waals surface area (Å²) >= 11 is 0. The van der Waals surface area contributed by atoms with E-state index in [1.807, 2.05) is 24.3 Å². The van der Waals surface area contributed by atoms with Gasteiger partial charge in [-0.15, -0.1) is 0 Å². The minimum atomic E-state index is 0.0222. The van der Waals surface area contributed by atoms with Crippen molar-refractivity contribution < 1.29 is 9.53 Å². The third-order valence-electron chi connectivity index (χ3n) is 3.88. The molecule has 2 rings (SSSR count). The molecule has 1 amide bonds. The topological polar surface area (TPSA) is 67.6 Å². The van der Waals surface area contributed by atoms with Gasteiger partial charge in [-0.25, -0.2) is 0 Å². The van der Waals surface area contributed by atoms with Gasteiger partial charge in [-0.05, 0) is 36.9 Å². The Morgan fingerprint density at radius 3 is 3.05 bits per heavy atom. The van der Waals surface area contributed by atoms with Gasteiger partial charge >= 0.3 is 0 Å². The van der Waals surface area contributed by atoms with Crippen molar-refractivity contribution in [3.8, 4) is 0 Å². The number of nitrogens with two attached hydrogens (primary N) is 1. The van der Waals surface area contributed by atoms with Gasteiger partial charge in [0.05, 0.1) is 13.2 Å². The summed E-state index contributed by atoms with van der Waals surface area (Å²) in [4.78, 5) is 14.4. The van der Waals surface area contributed by atoms with E-state index in [9.17, 15) is 4.79 Å². The molecule has 1 unspecified atom stereocenters. The Hall–Kier alpha value is -1.43. The van der Waals surface area contributed by atoms with Gasteiger partial charge in [-0.2, -0.15) is 0 Å². The molecule has 1 aromatic carbocycles. The number of nitrogens with one attached hydrogen (secondary N) is 1. The number of carbonyl (C=O) groups is 1. The molecule has 0 aliphatic carbocycles. The number of piperidine rings is 1. The minimum absolute atomic E-state index is 0.0222. The second-order valence-corrected chi connectivity index (χ2v) is 5.61. The maximum absolute atomic E-state index is 12.2. The number of nitrogens with zero attached hydrogens (tertiary/aromatic N) is 1. The van der Waals surface area contributed by atoms with E-state index in [0.29, 0.717) is 19.0 Å². The second kappa shape index (κ2) is 8.12. The van der Waals surface area contributed by atoms with E-state index >= 15 is 0 Å². The van der Waals surface area contributed by atoms with Gasteiger partial charge in [-0.1, -0.05) is 18.2 Å². The number of likely N-dealkylation sites (tertiary alicyclic amines) is 1. The number of carbonyl (C=O) groups excluding carboxylic acids is 1. The Morgan fingerprint density at radius 1 is 1.48 bits per heavy atom. The molecule has 1 saturated heterocycles. The van der Waals surface area contributed by atoms with Crippen molar-refractivity contribution in [2.24, 2.45) is 11.7 Å². The molecule has 1 aliphatic rings. The Kier molecular flexibility index (Phi) is 6.17. The van der Waals surface area contributed by atoms with Crippen molar-refractivity contribution in [3.63, 3.8) is 0 Å². The molecular formula is C16H25N3O2. The summed E-state index contributed by atoms with van der Waals surface area (Å²) in [6.07, 6.45) is 2.31. The molecule has 5 heteroatoms. The number of amides is 1. The number of benzene rings is 1. The molecule has 1 fully saturated rings. The van der Waals surface area contributed by atoms with Gasteiger partial charge in [0.25, 0.3) is 0 Å². The van der Waals surface area contributed by atoms with Crippen LogP contribution in [0, 0.1) is 5.92 Å². The summed E-state index contributed by atoms with van der Waals surface area (Å²) in [5.74, 6) is 0.557. The number of ether oxygens (including phenoxy) is 1. The van der Waals surface area contributed by atoms with Crippen LogP contribution in [-0.4, -0.2) is 44.2 Å². The Bertz CT molecular complexity index is 463. The standard InChI is InChI=1S/C16H25N3O2/c1-21-12-13-5-4-8-19(10-13)11-16(20)18-15-7-3-2-6-14(15)9-17/h2-3,6-7,13H,4-5,8-12,17H2,1H3,(H,18,20). The zero-order valence-corrected chi connectivity index (χ0v) is 12.7. The summed E-state index contributed by atoms with van der Waals surface area (Å²) in [6, 6.07) is 7.66. The Morgan fingerprint density at radius 2 is 2.29 bits per heavy atom. The predicted molar refractivity (Wildman–Crippen MR) is 84.0 cm³/mol. The van der Waals surface area contributed by atoms with Crippen molar-refractivity contribution in [2.75, 3.05) is 38.7 Å². The molecule has 5 nitrogen and oxygen atoms in total. The lowest BCUT2D eigenvalue weighted by molar-refractivity contribution is -0.117. The molecule has 116 valence electrons. The highest BCUT2D eigenvalue weighted by Gasteiger charge is 2.21. The van der Waals surface area contributed by atoms with E-state index < -0.39 is 0 Å². The average molecular weight is 291 g/mol. The lowest BCUT2D eigenvalue weighted by Gasteiger charge is -2.31. The third-order valence-corrected chi connectivity index (χ3v) is 3.88. The number of hydrogen-bond acceptors (Lipinski definition) is 4.